The Hall–Kier alpha value is -2.00. The molecule has 0 bridgehead atoms. The smallest absolute Gasteiger partial charge is 0.120 e. The van der Waals surface area contributed by atoms with Crippen LogP contribution >= 0.6 is 11.3 Å². The van der Waals surface area contributed by atoms with Gasteiger partial charge in [-0.3, -0.25) is 9.80 Å². The highest BCUT2D eigenvalue weighted by Crippen LogP contribution is 2.42. The summed E-state index contributed by atoms with van der Waals surface area (Å²) >= 11 is 1.93. The van der Waals surface area contributed by atoms with Crippen molar-refractivity contribution in [1.29, 1.82) is 0 Å². The van der Waals surface area contributed by atoms with Gasteiger partial charge in [0.15, 0.2) is 0 Å². The van der Waals surface area contributed by atoms with E-state index in [2.05, 4.69) is 53.0 Å². The van der Waals surface area contributed by atoms with Crippen molar-refractivity contribution in [2.75, 3.05) is 32.7 Å². The Morgan fingerprint density at radius 3 is 2.16 bits per heavy atom. The molecule has 0 atom stereocenters. The number of likely N-dealkylation sites (tertiary alicyclic amines) is 2. The molecule has 3 aliphatic rings. The molecule has 200 valence electrons. The Morgan fingerprint density at radius 2 is 1.59 bits per heavy atom. The highest BCUT2D eigenvalue weighted by Gasteiger charge is 2.41. The second-order valence-corrected chi connectivity index (χ2v) is 12.9. The molecule has 2 aliphatic heterocycles. The number of nitrogens with zero attached hydrogens (tertiary/aromatic N) is 5. The predicted octanol–water partition coefficient (Wildman–Crippen LogP) is 5.05. The van der Waals surface area contributed by atoms with Crippen LogP contribution in [0.25, 0.3) is 0 Å². The van der Waals surface area contributed by atoms with Crippen molar-refractivity contribution in [2.24, 2.45) is 11.3 Å². The maximum absolute atomic E-state index is 4.49. The summed E-state index contributed by atoms with van der Waals surface area (Å²) in [5, 5.41) is 2.24. The minimum absolute atomic E-state index is 0.584. The van der Waals surface area contributed by atoms with Gasteiger partial charge in [0, 0.05) is 55.3 Å². The average molecular weight is 522 g/mol. The lowest BCUT2D eigenvalue weighted by molar-refractivity contribution is 0.0894. The Bertz CT molecular complexity index is 1040. The molecule has 1 saturated carbocycles. The maximum Gasteiger partial charge on any atom is 0.120 e. The van der Waals surface area contributed by atoms with Gasteiger partial charge in [0.25, 0.3) is 0 Å². The van der Waals surface area contributed by atoms with Crippen molar-refractivity contribution in [1.82, 2.24) is 34.6 Å². The van der Waals surface area contributed by atoms with E-state index in [1.54, 1.807) is 4.88 Å². The van der Waals surface area contributed by atoms with Gasteiger partial charge < -0.3 is 14.9 Å². The Morgan fingerprint density at radius 1 is 0.946 bits per heavy atom. The predicted molar refractivity (Wildman–Crippen MR) is 149 cm³/mol. The van der Waals surface area contributed by atoms with Crippen molar-refractivity contribution in [2.45, 2.75) is 77.5 Å². The van der Waals surface area contributed by atoms with Gasteiger partial charge in [-0.05, 0) is 99.8 Å². The van der Waals surface area contributed by atoms with Crippen LogP contribution in [0.3, 0.4) is 0 Å². The van der Waals surface area contributed by atoms with Crippen LogP contribution < -0.4 is 0 Å². The van der Waals surface area contributed by atoms with Crippen molar-refractivity contribution in [3.63, 3.8) is 0 Å². The number of imidazole rings is 2. The fourth-order valence-corrected chi connectivity index (χ4v) is 8.02. The number of rotatable bonds is 9. The van der Waals surface area contributed by atoms with Gasteiger partial charge in [0.05, 0.1) is 13.1 Å². The van der Waals surface area contributed by atoms with Gasteiger partial charge >= 0.3 is 0 Å². The molecular weight excluding hydrogens is 478 g/mol. The van der Waals surface area contributed by atoms with Gasteiger partial charge in [-0.15, -0.1) is 11.3 Å². The molecule has 0 unspecified atom stereocenters. The van der Waals surface area contributed by atoms with E-state index < -0.39 is 0 Å². The molecule has 0 amide bonds. The Kier molecular flexibility index (Phi) is 7.79. The van der Waals surface area contributed by atoms with E-state index in [4.69, 9.17) is 0 Å². The molecule has 3 aromatic heterocycles. The number of piperidine rings is 1. The largest absolute Gasteiger partial charge is 0.348 e. The molecule has 8 heteroatoms. The molecule has 1 aliphatic carbocycles. The van der Waals surface area contributed by atoms with Crippen LogP contribution in [-0.4, -0.2) is 73.4 Å². The third-order valence-corrected chi connectivity index (χ3v) is 10.4. The average Bonchev–Trinajstić information content (AvgIpc) is 3.72. The molecule has 6 rings (SSSR count). The lowest BCUT2D eigenvalue weighted by Crippen LogP contribution is -2.42. The summed E-state index contributed by atoms with van der Waals surface area (Å²) in [5.41, 5.74) is 2.05. The van der Waals surface area contributed by atoms with Gasteiger partial charge in [0.1, 0.15) is 11.6 Å². The summed E-state index contributed by atoms with van der Waals surface area (Å²) in [7, 11) is 0. The number of aromatic amines is 2. The van der Waals surface area contributed by atoms with E-state index >= 15 is 0 Å². The third kappa shape index (κ3) is 6.19. The van der Waals surface area contributed by atoms with Gasteiger partial charge in [-0.1, -0.05) is 0 Å². The summed E-state index contributed by atoms with van der Waals surface area (Å²) in [6.07, 6.45) is 17.0. The Balaban J connectivity index is 0.966. The van der Waals surface area contributed by atoms with Crippen LogP contribution in [-0.2, 0) is 19.6 Å². The van der Waals surface area contributed by atoms with Crippen LogP contribution in [0.4, 0.5) is 0 Å². The molecule has 3 fully saturated rings. The number of aromatic nitrogens is 4. The van der Waals surface area contributed by atoms with E-state index in [-0.39, 0.29) is 0 Å². The van der Waals surface area contributed by atoms with Gasteiger partial charge in [-0.2, -0.15) is 0 Å². The molecule has 3 aromatic rings. The number of H-pyrrole nitrogens is 2. The lowest BCUT2D eigenvalue weighted by atomic mass is 9.77. The molecule has 7 nitrogen and oxygen atoms in total. The molecule has 2 N–H and O–H groups in total. The standard InChI is InChI=1S/C29H43N7S/c1-23-6-17-37-26(23)19-34-14-7-29(8-15-34)9-16-35(22-29)18-24-2-4-25(5-3-24)36(20-27-30-10-11-31-27)21-28-32-12-13-33-28/h6,10-13,17,24-25H,2-5,7-9,14-16,18-22H2,1H3,(H,30,31)(H,32,33)/t24-,25-. The summed E-state index contributed by atoms with van der Waals surface area (Å²) in [6, 6.07) is 2.87. The van der Waals surface area contributed by atoms with Gasteiger partial charge in [-0.25, -0.2) is 9.97 Å². The van der Waals surface area contributed by atoms with E-state index in [1.165, 1.54) is 83.2 Å². The van der Waals surface area contributed by atoms with E-state index in [0.29, 0.717) is 11.5 Å². The maximum atomic E-state index is 4.49. The second kappa shape index (κ2) is 11.4. The van der Waals surface area contributed by atoms with Crippen LogP contribution in [0.2, 0.25) is 0 Å². The zero-order valence-electron chi connectivity index (χ0n) is 22.4. The minimum atomic E-state index is 0.584. The van der Waals surface area contributed by atoms with E-state index in [1.807, 2.05) is 36.1 Å². The van der Waals surface area contributed by atoms with Crippen molar-refractivity contribution >= 4 is 11.3 Å². The molecule has 2 saturated heterocycles. The number of aryl methyl sites for hydroxylation is 1. The highest BCUT2D eigenvalue weighted by molar-refractivity contribution is 7.10. The fourth-order valence-electron chi connectivity index (χ4n) is 7.07. The number of hydrogen-bond donors (Lipinski definition) is 2. The zero-order chi connectivity index (χ0) is 25.1. The number of nitrogens with one attached hydrogen (secondary N) is 2. The number of hydrogen-bond acceptors (Lipinski definition) is 6. The SMILES string of the molecule is Cc1ccsc1CN1CCC2(CC1)CCN(C[C@H]1CC[C@H](N(Cc3ncc[nH]3)Cc3ncc[nH]3)CC1)C2. The fraction of sp³-hybridized carbons (Fsp3) is 0.655. The molecule has 5 heterocycles. The van der Waals surface area contributed by atoms with Crippen molar-refractivity contribution in [3.05, 3.63) is 58.3 Å². The van der Waals surface area contributed by atoms with Gasteiger partial charge in [0.2, 0.25) is 0 Å². The highest BCUT2D eigenvalue weighted by atomic mass is 32.1. The molecule has 0 radical (unpaired) electrons. The summed E-state index contributed by atoms with van der Waals surface area (Å²) < 4.78 is 0. The first-order valence-electron chi connectivity index (χ1n) is 14.3. The first-order valence-corrected chi connectivity index (χ1v) is 15.2. The minimum Gasteiger partial charge on any atom is -0.348 e. The van der Waals surface area contributed by atoms with Crippen LogP contribution in [0.5, 0.6) is 0 Å². The van der Waals surface area contributed by atoms with Crippen molar-refractivity contribution < 1.29 is 0 Å². The van der Waals surface area contributed by atoms with Crippen molar-refractivity contribution in [3.8, 4) is 0 Å². The van der Waals surface area contributed by atoms with E-state index in [9.17, 15) is 0 Å². The van der Waals surface area contributed by atoms with Crippen LogP contribution in [0.15, 0.2) is 36.2 Å². The first kappa shape index (κ1) is 25.3. The lowest BCUT2D eigenvalue weighted by Gasteiger charge is -2.40. The number of thiophene rings is 1. The summed E-state index contributed by atoms with van der Waals surface area (Å²) in [5.74, 6) is 2.95. The quantitative estimate of drug-likeness (QED) is 0.412. The summed E-state index contributed by atoms with van der Waals surface area (Å²) in [6.45, 7) is 11.6. The Labute approximate surface area is 225 Å². The third-order valence-electron chi connectivity index (χ3n) is 9.43. The molecular formula is C29H43N7S. The van der Waals surface area contributed by atoms with E-state index in [0.717, 1.165) is 37.2 Å². The topological polar surface area (TPSA) is 67.1 Å². The molecule has 1 spiro atoms. The zero-order valence-corrected chi connectivity index (χ0v) is 23.2. The second-order valence-electron chi connectivity index (χ2n) is 11.9. The molecule has 37 heavy (non-hydrogen) atoms. The first-order chi connectivity index (χ1) is 18.1. The summed E-state index contributed by atoms with van der Waals surface area (Å²) in [4.78, 5) is 25.2. The van der Waals surface area contributed by atoms with Crippen LogP contribution in [0, 0.1) is 18.3 Å². The monoisotopic (exact) mass is 521 g/mol. The van der Waals surface area contributed by atoms with Crippen LogP contribution in [0.1, 0.15) is 67.0 Å². The normalized spacial score (nSPS) is 24.9. The molecule has 0 aromatic carbocycles.